The molecule has 1 N–H and O–H groups in total. The average molecular weight is 315 g/mol. The van der Waals surface area contributed by atoms with Crippen molar-refractivity contribution in [1.82, 2.24) is 10.2 Å². The lowest BCUT2D eigenvalue weighted by molar-refractivity contribution is 0.600. The molecular weight excluding hydrogens is 304 g/mol. The number of halogens is 1. The zero-order chi connectivity index (χ0) is 12.5. The molecule has 0 aliphatic rings. The van der Waals surface area contributed by atoms with E-state index in [4.69, 9.17) is 0 Å². The molecule has 0 amide bonds. The molecule has 0 atom stereocenters. The minimum absolute atomic E-state index is 0.0198. The van der Waals surface area contributed by atoms with Crippen LogP contribution in [-0.4, -0.2) is 24.9 Å². The molecule has 0 aliphatic carbocycles. The lowest BCUT2D eigenvalue weighted by Gasteiger charge is -1.96. The predicted octanol–water partition coefficient (Wildman–Crippen LogP) is 2.38. The summed E-state index contributed by atoms with van der Waals surface area (Å²) in [5, 5.41) is 6.84. The Balaban J connectivity index is 2.30. The number of aromatic nitrogens is 2. The minimum atomic E-state index is -3.03. The molecule has 90 valence electrons. The highest BCUT2D eigenvalue weighted by atomic mass is 79.9. The molecule has 0 saturated heterocycles. The molecule has 0 fully saturated rings. The van der Waals surface area contributed by atoms with E-state index in [-0.39, 0.29) is 5.75 Å². The monoisotopic (exact) mass is 314 g/mol. The molecule has 6 heteroatoms. The Kier molecular flexibility index (Phi) is 3.35. The van der Waals surface area contributed by atoms with Gasteiger partial charge in [-0.2, -0.15) is 5.10 Å². The fraction of sp³-hybridized carbons (Fsp3) is 0.182. The van der Waals surface area contributed by atoms with Crippen LogP contribution in [-0.2, 0) is 15.6 Å². The van der Waals surface area contributed by atoms with E-state index in [0.717, 1.165) is 15.7 Å². The van der Waals surface area contributed by atoms with Crippen LogP contribution in [0.25, 0.3) is 11.3 Å². The van der Waals surface area contributed by atoms with E-state index < -0.39 is 9.84 Å². The van der Waals surface area contributed by atoms with Crippen molar-refractivity contribution in [1.29, 1.82) is 0 Å². The van der Waals surface area contributed by atoms with Crippen molar-refractivity contribution in [3.63, 3.8) is 0 Å². The SMILES string of the molecule is CS(=O)(=O)Cc1cc(-c2cccc(Br)c2)n[nH]1. The molecule has 0 aliphatic heterocycles. The first kappa shape index (κ1) is 12.3. The standard InChI is InChI=1S/C11H11BrN2O2S/c1-17(15,16)7-10-6-11(14-13-10)8-3-2-4-9(12)5-8/h2-6H,7H2,1H3,(H,13,14). The summed E-state index contributed by atoms with van der Waals surface area (Å²) in [5.41, 5.74) is 2.28. The van der Waals surface area contributed by atoms with Gasteiger partial charge in [0, 0.05) is 16.3 Å². The molecule has 4 nitrogen and oxygen atoms in total. The highest BCUT2D eigenvalue weighted by Gasteiger charge is 2.09. The first-order valence-electron chi connectivity index (χ1n) is 4.92. The second-order valence-electron chi connectivity index (χ2n) is 3.86. The summed E-state index contributed by atoms with van der Waals surface area (Å²) >= 11 is 3.38. The Morgan fingerprint density at radius 1 is 1.35 bits per heavy atom. The zero-order valence-corrected chi connectivity index (χ0v) is 11.5. The summed E-state index contributed by atoms with van der Waals surface area (Å²) in [4.78, 5) is 0. The number of nitrogens with zero attached hydrogens (tertiary/aromatic N) is 1. The topological polar surface area (TPSA) is 62.8 Å². The minimum Gasteiger partial charge on any atom is -0.281 e. The number of rotatable bonds is 3. The van der Waals surface area contributed by atoms with E-state index >= 15 is 0 Å². The molecule has 1 aromatic carbocycles. The molecule has 17 heavy (non-hydrogen) atoms. The Labute approximate surface area is 108 Å². The molecule has 2 rings (SSSR count). The zero-order valence-electron chi connectivity index (χ0n) is 9.14. The highest BCUT2D eigenvalue weighted by molar-refractivity contribution is 9.10. The van der Waals surface area contributed by atoms with Gasteiger partial charge in [0.15, 0.2) is 9.84 Å². The molecule has 0 radical (unpaired) electrons. The molecule has 1 heterocycles. The summed E-state index contributed by atoms with van der Waals surface area (Å²) in [6.45, 7) is 0. The molecule has 0 spiro atoms. The molecule has 0 bridgehead atoms. The first-order valence-corrected chi connectivity index (χ1v) is 7.77. The molecular formula is C11H11BrN2O2S. The van der Waals surface area contributed by atoms with E-state index in [1.165, 1.54) is 6.26 Å². The highest BCUT2D eigenvalue weighted by Crippen LogP contribution is 2.22. The van der Waals surface area contributed by atoms with Crippen LogP contribution < -0.4 is 0 Å². The van der Waals surface area contributed by atoms with E-state index in [1.54, 1.807) is 6.07 Å². The van der Waals surface area contributed by atoms with Crippen LogP contribution in [0.2, 0.25) is 0 Å². The van der Waals surface area contributed by atoms with Crippen LogP contribution in [0, 0.1) is 0 Å². The number of hydrogen-bond acceptors (Lipinski definition) is 3. The van der Waals surface area contributed by atoms with Gasteiger partial charge in [0.05, 0.1) is 17.1 Å². The Bertz CT molecular complexity index is 634. The van der Waals surface area contributed by atoms with Crippen molar-refractivity contribution >= 4 is 25.8 Å². The van der Waals surface area contributed by atoms with Crippen molar-refractivity contribution in [3.8, 4) is 11.3 Å². The average Bonchev–Trinajstić information content (AvgIpc) is 2.63. The van der Waals surface area contributed by atoms with Gasteiger partial charge in [0.25, 0.3) is 0 Å². The lowest BCUT2D eigenvalue weighted by Crippen LogP contribution is -2.00. The van der Waals surface area contributed by atoms with Gasteiger partial charge >= 0.3 is 0 Å². The second kappa shape index (κ2) is 4.62. The van der Waals surface area contributed by atoms with Crippen LogP contribution in [0.3, 0.4) is 0 Å². The van der Waals surface area contributed by atoms with Crippen LogP contribution in [0.1, 0.15) is 5.69 Å². The summed E-state index contributed by atoms with van der Waals surface area (Å²) in [7, 11) is -3.03. The third-order valence-electron chi connectivity index (χ3n) is 2.17. The van der Waals surface area contributed by atoms with E-state index in [2.05, 4.69) is 26.1 Å². The smallest absolute Gasteiger partial charge is 0.153 e. The number of benzene rings is 1. The summed E-state index contributed by atoms with van der Waals surface area (Å²) in [6.07, 6.45) is 1.20. The van der Waals surface area contributed by atoms with Crippen molar-refractivity contribution < 1.29 is 8.42 Å². The number of sulfone groups is 1. The Morgan fingerprint density at radius 3 is 2.76 bits per heavy atom. The maximum Gasteiger partial charge on any atom is 0.153 e. The van der Waals surface area contributed by atoms with Crippen LogP contribution in [0.4, 0.5) is 0 Å². The van der Waals surface area contributed by atoms with E-state index in [1.807, 2.05) is 24.3 Å². The van der Waals surface area contributed by atoms with Gasteiger partial charge in [-0.05, 0) is 18.2 Å². The largest absolute Gasteiger partial charge is 0.281 e. The summed E-state index contributed by atoms with van der Waals surface area (Å²) in [5.74, 6) is -0.0198. The van der Waals surface area contributed by atoms with Gasteiger partial charge in [0.2, 0.25) is 0 Å². The Hall–Kier alpha value is -1.14. The van der Waals surface area contributed by atoms with Crippen molar-refractivity contribution in [2.45, 2.75) is 5.75 Å². The maximum absolute atomic E-state index is 11.1. The Morgan fingerprint density at radius 2 is 2.12 bits per heavy atom. The number of H-pyrrole nitrogens is 1. The van der Waals surface area contributed by atoms with Gasteiger partial charge < -0.3 is 0 Å². The maximum atomic E-state index is 11.1. The molecule has 2 aromatic rings. The van der Waals surface area contributed by atoms with Gasteiger partial charge in [-0.15, -0.1) is 0 Å². The molecule has 1 aromatic heterocycles. The van der Waals surface area contributed by atoms with Gasteiger partial charge in [-0.1, -0.05) is 28.1 Å². The number of hydrogen-bond donors (Lipinski definition) is 1. The molecule has 0 unspecified atom stereocenters. The number of aromatic amines is 1. The van der Waals surface area contributed by atoms with E-state index in [0.29, 0.717) is 5.69 Å². The third kappa shape index (κ3) is 3.41. The van der Waals surface area contributed by atoms with E-state index in [9.17, 15) is 8.42 Å². The fourth-order valence-electron chi connectivity index (χ4n) is 1.51. The third-order valence-corrected chi connectivity index (χ3v) is 3.50. The van der Waals surface area contributed by atoms with Gasteiger partial charge in [-0.25, -0.2) is 8.42 Å². The van der Waals surface area contributed by atoms with Gasteiger partial charge in [-0.3, -0.25) is 5.10 Å². The van der Waals surface area contributed by atoms with Crippen molar-refractivity contribution in [3.05, 3.63) is 40.5 Å². The molecule has 0 saturated carbocycles. The lowest BCUT2D eigenvalue weighted by atomic mass is 10.1. The number of nitrogens with one attached hydrogen (secondary N) is 1. The van der Waals surface area contributed by atoms with Crippen molar-refractivity contribution in [2.75, 3.05) is 6.26 Å². The first-order chi connectivity index (χ1) is 7.94. The quantitative estimate of drug-likeness (QED) is 0.946. The summed E-state index contributed by atoms with van der Waals surface area (Å²) < 4.78 is 23.3. The predicted molar refractivity (Wildman–Crippen MR) is 70.3 cm³/mol. The second-order valence-corrected chi connectivity index (χ2v) is 6.91. The van der Waals surface area contributed by atoms with Crippen LogP contribution in [0.5, 0.6) is 0 Å². The van der Waals surface area contributed by atoms with Gasteiger partial charge in [0.1, 0.15) is 0 Å². The summed E-state index contributed by atoms with van der Waals surface area (Å²) in [6, 6.07) is 9.44. The van der Waals surface area contributed by atoms with Crippen LogP contribution in [0.15, 0.2) is 34.8 Å². The van der Waals surface area contributed by atoms with Crippen LogP contribution >= 0.6 is 15.9 Å². The fourth-order valence-corrected chi connectivity index (χ4v) is 2.63. The van der Waals surface area contributed by atoms with Crippen molar-refractivity contribution in [2.24, 2.45) is 0 Å². The normalized spacial score (nSPS) is 11.6.